The van der Waals surface area contributed by atoms with Crippen molar-refractivity contribution < 1.29 is 94.0 Å². The second-order valence-corrected chi connectivity index (χ2v) is 12.9. The summed E-state index contributed by atoms with van der Waals surface area (Å²) in [7, 11) is 0. The minimum absolute atomic E-state index is 0. The summed E-state index contributed by atoms with van der Waals surface area (Å²) >= 11 is 2.79. The van der Waals surface area contributed by atoms with Gasteiger partial charge in [-0.15, -0.1) is 0 Å². The maximum Gasteiger partial charge on any atom is 0.416 e. The van der Waals surface area contributed by atoms with Gasteiger partial charge in [-0.2, -0.15) is 26.3 Å². The molecule has 330 valence electrons. The molecule has 4 aromatic carbocycles. The van der Waals surface area contributed by atoms with E-state index in [-0.39, 0.29) is 42.8 Å². The van der Waals surface area contributed by atoms with E-state index in [0.29, 0.717) is 48.4 Å². The smallest absolute Gasteiger partial charge is 0.416 e. The first-order valence-electron chi connectivity index (χ1n) is 16.5. The average Bonchev–Trinajstić information content (AvgIpc) is 3.10. The number of benzene rings is 4. The van der Waals surface area contributed by atoms with E-state index in [1.165, 1.54) is 11.0 Å². The van der Waals surface area contributed by atoms with Crippen LogP contribution in [0.5, 0.6) is 0 Å². The minimum Gasteiger partial charge on any atom is -0.481 e. The molecule has 0 spiro atoms. The molecule has 0 saturated carbocycles. The Morgan fingerprint density at radius 3 is 1.67 bits per heavy atom. The number of aliphatic carboxylic acids is 2. The third-order valence-corrected chi connectivity index (χ3v) is 8.20. The third-order valence-electron chi connectivity index (χ3n) is 7.53. The number of carbonyl (C=O) groups is 2. The maximum absolute atomic E-state index is 14.2. The molecule has 24 heteroatoms. The van der Waals surface area contributed by atoms with E-state index in [9.17, 15) is 64.1 Å². The molecule has 0 atom stereocenters. The zero-order valence-corrected chi connectivity index (χ0v) is 33.8. The van der Waals surface area contributed by atoms with Gasteiger partial charge in [0, 0.05) is 71.6 Å². The molecular formula is C36H31BrF10N4O8Pd. The summed E-state index contributed by atoms with van der Waals surface area (Å²) in [6, 6.07) is 8.42. The quantitative estimate of drug-likeness (QED) is 0.0775. The van der Waals surface area contributed by atoms with Crippen LogP contribution in [0, 0.1) is 43.5 Å². The molecule has 0 unspecified atom stereocenters. The van der Waals surface area contributed by atoms with Crippen molar-refractivity contribution in [3.8, 4) is 0 Å². The van der Waals surface area contributed by atoms with Crippen molar-refractivity contribution in [3.63, 3.8) is 0 Å². The zero-order chi connectivity index (χ0) is 45.0. The van der Waals surface area contributed by atoms with Crippen molar-refractivity contribution in [2.45, 2.75) is 51.9 Å². The van der Waals surface area contributed by atoms with Gasteiger partial charge >= 0.3 is 12.4 Å². The summed E-state index contributed by atoms with van der Waals surface area (Å²) in [5.41, 5.74) is -2.25. The number of alkyl halides is 6. The number of hydrogen-bond donors (Lipinski definition) is 3. The van der Waals surface area contributed by atoms with Gasteiger partial charge in [-0.3, -0.25) is 29.8 Å². The fourth-order valence-electron chi connectivity index (χ4n) is 5.31. The summed E-state index contributed by atoms with van der Waals surface area (Å²) in [6.45, 7) is 3.11. The molecule has 2 aliphatic rings. The SMILES string of the molecule is CC(=O)O.CC(=O)O.Fc1cc(F)c2c(c1)CCCN2.O=[N+]([O-])c1cc(C(F)(F)F)ccc1Br.O=[N+]([O-])c1cc(C(F)(F)F)ccc1N1CCCc2cc(F)cc(F)c21.[Pd]. The molecule has 12 nitrogen and oxygen atoms in total. The number of hydrogen-bond acceptors (Lipinski definition) is 8. The number of carboxylic acids is 2. The molecule has 0 fully saturated rings. The molecule has 6 rings (SSSR count). The predicted octanol–water partition coefficient (Wildman–Crippen LogP) is 10.9. The second kappa shape index (κ2) is 22.9. The molecule has 60 heavy (non-hydrogen) atoms. The van der Waals surface area contributed by atoms with Crippen LogP contribution in [0.3, 0.4) is 0 Å². The number of rotatable bonds is 3. The summed E-state index contributed by atoms with van der Waals surface area (Å²) in [5, 5.41) is 39.3. The van der Waals surface area contributed by atoms with Crippen molar-refractivity contribution in [2.24, 2.45) is 0 Å². The van der Waals surface area contributed by atoms with Crippen LogP contribution in [0.2, 0.25) is 0 Å². The van der Waals surface area contributed by atoms with E-state index < -0.39 is 79.9 Å². The van der Waals surface area contributed by atoms with Gasteiger partial charge in [-0.1, -0.05) is 0 Å². The van der Waals surface area contributed by atoms with E-state index in [4.69, 9.17) is 19.8 Å². The number of nitro groups is 2. The molecule has 0 amide bonds. The van der Waals surface area contributed by atoms with E-state index in [2.05, 4.69) is 21.2 Å². The Morgan fingerprint density at radius 1 is 0.717 bits per heavy atom. The first kappa shape index (κ1) is 52.7. The molecule has 0 radical (unpaired) electrons. The monoisotopic (exact) mass is 1020 g/mol. The van der Waals surface area contributed by atoms with Gasteiger partial charge in [0.15, 0.2) is 0 Å². The molecular weight excluding hydrogens is 993 g/mol. The first-order valence-corrected chi connectivity index (χ1v) is 17.3. The maximum atomic E-state index is 14.2. The van der Waals surface area contributed by atoms with Crippen LogP contribution in [-0.4, -0.2) is 45.1 Å². The Hall–Kier alpha value is -5.34. The van der Waals surface area contributed by atoms with Gasteiger partial charge in [-0.25, -0.2) is 17.6 Å². The molecule has 4 aromatic rings. The second-order valence-electron chi connectivity index (χ2n) is 12.0. The van der Waals surface area contributed by atoms with Gasteiger partial charge in [0.2, 0.25) is 0 Å². The Bertz CT molecular complexity index is 2160. The standard InChI is InChI=1S/C16H11F5N2O2.C9H9F2N.C7H3BrF3NO2.2C2H4O2.Pd/c17-11-6-9-2-1-5-22(15(9)12(18)8-11)13-4-3-10(16(19,20)21)7-14(13)23(24)25;10-7-4-6-2-1-3-12-9(6)8(11)5-7;8-5-2-1-4(7(9,10)11)3-6(5)12(13)14;2*1-2(3)4;/h3-4,6-8H,1-2,5H2;4-5,12H,1-3H2;1-3H;2*1H3,(H,3,4);. The number of aryl methyl sites for hydroxylation is 2. The van der Waals surface area contributed by atoms with Crippen LogP contribution in [0.4, 0.5) is 72.3 Å². The molecule has 2 heterocycles. The van der Waals surface area contributed by atoms with Crippen LogP contribution in [0.1, 0.15) is 48.9 Å². The molecule has 3 N–H and O–H groups in total. The Balaban J connectivity index is 0.000000436. The topological polar surface area (TPSA) is 176 Å². The minimum atomic E-state index is -4.74. The molecule has 0 aromatic heterocycles. The number of anilines is 3. The Labute approximate surface area is 355 Å². The number of nitrogens with one attached hydrogen (secondary N) is 1. The van der Waals surface area contributed by atoms with Crippen LogP contribution < -0.4 is 10.2 Å². The molecule has 0 bridgehead atoms. The van der Waals surface area contributed by atoms with Gasteiger partial charge in [-0.05, 0) is 89.1 Å². The van der Waals surface area contributed by atoms with Crippen LogP contribution in [0.15, 0.2) is 65.1 Å². The third kappa shape index (κ3) is 16.0. The summed E-state index contributed by atoms with van der Waals surface area (Å²) in [6.07, 6.45) is -6.78. The average molecular weight is 1020 g/mol. The Kier molecular flexibility index (Phi) is 20.1. The van der Waals surface area contributed by atoms with Crippen LogP contribution >= 0.6 is 15.9 Å². The van der Waals surface area contributed by atoms with Gasteiger partial charge in [0.1, 0.15) is 29.0 Å². The normalized spacial score (nSPS) is 12.5. The van der Waals surface area contributed by atoms with Gasteiger partial charge in [0.05, 0.1) is 36.8 Å². The van der Waals surface area contributed by atoms with E-state index in [0.717, 1.165) is 69.1 Å². The molecule has 2 aliphatic heterocycles. The van der Waals surface area contributed by atoms with Crippen molar-refractivity contribution >= 4 is 56.3 Å². The Morgan fingerprint density at radius 2 is 1.17 bits per heavy atom. The number of nitro benzene ring substituents is 2. The van der Waals surface area contributed by atoms with E-state index >= 15 is 0 Å². The number of carboxylic acid groups (broad SMARTS) is 2. The number of nitrogens with zero attached hydrogens (tertiary/aromatic N) is 3. The summed E-state index contributed by atoms with van der Waals surface area (Å²) in [5.74, 6) is -4.33. The fraction of sp³-hybridized carbons (Fsp3) is 0.278. The van der Waals surface area contributed by atoms with Crippen LogP contribution in [-0.2, 0) is 55.2 Å². The number of fused-ring (bicyclic) bond motifs is 2. The molecule has 0 aliphatic carbocycles. The largest absolute Gasteiger partial charge is 0.481 e. The fourth-order valence-corrected chi connectivity index (χ4v) is 5.70. The zero-order valence-electron chi connectivity index (χ0n) is 30.7. The van der Waals surface area contributed by atoms with Crippen molar-refractivity contribution in [1.82, 2.24) is 0 Å². The van der Waals surface area contributed by atoms with Gasteiger partial charge < -0.3 is 20.4 Å². The van der Waals surface area contributed by atoms with Crippen molar-refractivity contribution in [3.05, 3.63) is 131 Å². The van der Waals surface area contributed by atoms with Gasteiger partial charge in [0.25, 0.3) is 23.3 Å². The van der Waals surface area contributed by atoms with E-state index in [1.54, 1.807) is 0 Å². The van der Waals surface area contributed by atoms with Crippen molar-refractivity contribution in [2.75, 3.05) is 23.3 Å². The molecule has 0 saturated heterocycles. The summed E-state index contributed by atoms with van der Waals surface area (Å²) in [4.78, 5) is 39.0. The number of halogens is 11. The van der Waals surface area contributed by atoms with Crippen molar-refractivity contribution in [1.29, 1.82) is 0 Å². The first-order chi connectivity index (χ1) is 27.2. The predicted molar refractivity (Wildman–Crippen MR) is 195 cm³/mol. The van der Waals surface area contributed by atoms with Crippen LogP contribution in [0.25, 0.3) is 0 Å². The summed E-state index contributed by atoms with van der Waals surface area (Å²) < 4.78 is 128. The van der Waals surface area contributed by atoms with E-state index in [1.807, 2.05) is 0 Å².